The Labute approximate surface area is 154 Å². The molecular formula is C20H24N6. The van der Waals surface area contributed by atoms with E-state index in [0.717, 1.165) is 24.0 Å². The normalized spacial score (nSPS) is 11.4. The maximum Gasteiger partial charge on any atom is 0.191 e. The molecule has 0 amide bonds. The fourth-order valence-electron chi connectivity index (χ4n) is 2.64. The van der Waals surface area contributed by atoms with Gasteiger partial charge in [-0.3, -0.25) is 4.57 Å². The number of para-hydroxylation sites is 1. The van der Waals surface area contributed by atoms with Crippen molar-refractivity contribution >= 4 is 5.96 Å². The number of guanidine groups is 1. The summed E-state index contributed by atoms with van der Waals surface area (Å²) < 4.78 is 1.97. The van der Waals surface area contributed by atoms with Crippen molar-refractivity contribution < 1.29 is 0 Å². The van der Waals surface area contributed by atoms with E-state index in [-0.39, 0.29) is 0 Å². The largest absolute Gasteiger partial charge is 0.357 e. The van der Waals surface area contributed by atoms with Crippen molar-refractivity contribution in [1.82, 2.24) is 25.4 Å². The molecule has 6 nitrogen and oxygen atoms in total. The zero-order valence-electron chi connectivity index (χ0n) is 15.2. The van der Waals surface area contributed by atoms with Gasteiger partial charge in [0.1, 0.15) is 6.33 Å². The van der Waals surface area contributed by atoms with Gasteiger partial charge in [-0.15, -0.1) is 10.2 Å². The van der Waals surface area contributed by atoms with Gasteiger partial charge in [-0.1, -0.05) is 42.5 Å². The van der Waals surface area contributed by atoms with Crippen LogP contribution in [0.1, 0.15) is 23.9 Å². The zero-order valence-corrected chi connectivity index (χ0v) is 15.2. The Bertz CT molecular complexity index is 854. The van der Waals surface area contributed by atoms with Crippen LogP contribution in [0.4, 0.5) is 0 Å². The van der Waals surface area contributed by atoms with Crippen LogP contribution < -0.4 is 10.6 Å². The van der Waals surface area contributed by atoms with Crippen LogP contribution in [0.2, 0.25) is 0 Å². The quantitative estimate of drug-likeness (QED) is 0.531. The second-order valence-corrected chi connectivity index (χ2v) is 5.93. The molecule has 0 fully saturated rings. The highest BCUT2D eigenvalue weighted by Gasteiger charge is 2.07. The monoisotopic (exact) mass is 348 g/mol. The number of benzene rings is 2. The lowest BCUT2D eigenvalue weighted by atomic mass is 10.1. The number of aromatic nitrogens is 3. The Morgan fingerprint density at radius 3 is 2.58 bits per heavy atom. The molecule has 0 bridgehead atoms. The number of hydrogen-bond donors (Lipinski definition) is 2. The first-order valence-corrected chi connectivity index (χ1v) is 8.79. The summed E-state index contributed by atoms with van der Waals surface area (Å²) in [5.41, 5.74) is 3.50. The second kappa shape index (κ2) is 8.80. The summed E-state index contributed by atoms with van der Waals surface area (Å²) in [5.74, 6) is 1.59. The minimum absolute atomic E-state index is 0.536. The van der Waals surface area contributed by atoms with E-state index < -0.39 is 0 Å². The predicted octanol–water partition coefficient (Wildman–Crippen LogP) is 2.83. The highest BCUT2D eigenvalue weighted by Crippen LogP contribution is 2.09. The maximum absolute atomic E-state index is 4.68. The first kappa shape index (κ1) is 17.7. The van der Waals surface area contributed by atoms with Crippen LogP contribution in [0.3, 0.4) is 0 Å². The van der Waals surface area contributed by atoms with Gasteiger partial charge < -0.3 is 10.6 Å². The smallest absolute Gasteiger partial charge is 0.191 e. The van der Waals surface area contributed by atoms with E-state index in [1.807, 2.05) is 47.0 Å². The van der Waals surface area contributed by atoms with Crippen LogP contribution >= 0.6 is 0 Å². The van der Waals surface area contributed by atoms with Crippen molar-refractivity contribution in [3.05, 3.63) is 77.9 Å². The highest BCUT2D eigenvalue weighted by molar-refractivity contribution is 5.79. The predicted molar refractivity (Wildman–Crippen MR) is 104 cm³/mol. The molecule has 0 aliphatic rings. The van der Waals surface area contributed by atoms with Crippen LogP contribution in [-0.2, 0) is 13.1 Å². The molecule has 2 aromatic carbocycles. The van der Waals surface area contributed by atoms with Gasteiger partial charge in [-0.25, -0.2) is 4.99 Å². The van der Waals surface area contributed by atoms with E-state index >= 15 is 0 Å². The molecular weight excluding hydrogens is 324 g/mol. The molecule has 0 saturated carbocycles. The minimum Gasteiger partial charge on any atom is -0.357 e. The third-order valence-corrected chi connectivity index (χ3v) is 4.08. The Kier molecular flexibility index (Phi) is 5.98. The van der Waals surface area contributed by atoms with Crippen LogP contribution in [0.25, 0.3) is 5.69 Å². The summed E-state index contributed by atoms with van der Waals surface area (Å²) in [6, 6.07) is 18.4. The molecule has 0 aliphatic carbocycles. The molecule has 0 aliphatic heterocycles. The fraction of sp³-hybridized carbons (Fsp3) is 0.250. The first-order chi connectivity index (χ1) is 12.8. The molecule has 6 heteroatoms. The summed E-state index contributed by atoms with van der Waals surface area (Å²) in [4.78, 5) is 4.68. The van der Waals surface area contributed by atoms with Gasteiger partial charge in [0.05, 0.1) is 13.1 Å². The summed E-state index contributed by atoms with van der Waals surface area (Å²) in [6.07, 6.45) is 1.73. The highest BCUT2D eigenvalue weighted by atomic mass is 15.3. The molecule has 3 rings (SSSR count). The number of rotatable bonds is 6. The van der Waals surface area contributed by atoms with E-state index in [9.17, 15) is 0 Å². The van der Waals surface area contributed by atoms with E-state index in [4.69, 9.17) is 0 Å². The molecule has 0 unspecified atom stereocenters. The Morgan fingerprint density at radius 1 is 1.04 bits per heavy atom. The maximum atomic E-state index is 4.68. The number of hydrogen-bond acceptors (Lipinski definition) is 3. The SMILES string of the molecule is CCNC(=NCc1ccccc1C)NCc1nncn1-c1ccccc1. The van der Waals surface area contributed by atoms with Crippen LogP contribution in [0, 0.1) is 6.92 Å². The van der Waals surface area contributed by atoms with Crippen molar-refractivity contribution in [3.63, 3.8) is 0 Å². The summed E-state index contributed by atoms with van der Waals surface area (Å²) in [6.45, 7) is 6.12. The number of aryl methyl sites for hydroxylation is 1. The molecule has 26 heavy (non-hydrogen) atoms. The fourth-order valence-corrected chi connectivity index (χ4v) is 2.64. The third kappa shape index (κ3) is 4.47. The number of nitrogens with zero attached hydrogens (tertiary/aromatic N) is 4. The van der Waals surface area contributed by atoms with Gasteiger partial charge in [0.15, 0.2) is 11.8 Å². The average molecular weight is 348 g/mol. The molecule has 0 spiro atoms. The lowest BCUT2D eigenvalue weighted by Crippen LogP contribution is -2.37. The van der Waals surface area contributed by atoms with E-state index in [1.165, 1.54) is 11.1 Å². The first-order valence-electron chi connectivity index (χ1n) is 8.79. The Balaban J connectivity index is 1.69. The molecule has 2 N–H and O–H groups in total. The van der Waals surface area contributed by atoms with Crippen LogP contribution in [0.15, 0.2) is 65.9 Å². The van der Waals surface area contributed by atoms with Crippen LogP contribution in [0.5, 0.6) is 0 Å². The lowest BCUT2D eigenvalue weighted by Gasteiger charge is -2.12. The Morgan fingerprint density at radius 2 is 1.81 bits per heavy atom. The average Bonchev–Trinajstić information content (AvgIpc) is 3.14. The summed E-state index contributed by atoms with van der Waals surface area (Å²) in [7, 11) is 0. The van der Waals surface area contributed by atoms with Gasteiger partial charge in [0.2, 0.25) is 0 Å². The minimum atomic E-state index is 0.536. The van der Waals surface area contributed by atoms with Crippen molar-refractivity contribution in [2.45, 2.75) is 26.9 Å². The summed E-state index contributed by atoms with van der Waals surface area (Å²) >= 11 is 0. The number of aliphatic imine (C=N–C) groups is 1. The molecule has 1 heterocycles. The molecule has 134 valence electrons. The molecule has 0 atom stereocenters. The van der Waals surface area contributed by atoms with Gasteiger partial charge in [-0.05, 0) is 37.1 Å². The van der Waals surface area contributed by atoms with Crippen molar-refractivity contribution in [2.75, 3.05) is 6.54 Å². The van der Waals surface area contributed by atoms with Gasteiger partial charge in [-0.2, -0.15) is 0 Å². The topological polar surface area (TPSA) is 67.1 Å². The third-order valence-electron chi connectivity index (χ3n) is 4.08. The zero-order chi connectivity index (χ0) is 18.2. The van der Waals surface area contributed by atoms with E-state index in [2.05, 4.69) is 51.8 Å². The summed E-state index contributed by atoms with van der Waals surface area (Å²) in [5, 5.41) is 14.9. The standard InChI is InChI=1S/C20H24N6/c1-3-21-20(22-13-17-10-8-7-9-16(17)2)23-14-19-25-24-15-26(19)18-11-5-4-6-12-18/h4-12,15H,3,13-14H2,1-2H3,(H2,21,22,23). The van der Waals surface area contributed by atoms with E-state index in [1.54, 1.807) is 6.33 Å². The van der Waals surface area contributed by atoms with Crippen LogP contribution in [-0.4, -0.2) is 27.3 Å². The lowest BCUT2D eigenvalue weighted by molar-refractivity contribution is 0.756. The van der Waals surface area contributed by atoms with Gasteiger partial charge >= 0.3 is 0 Å². The molecule has 0 radical (unpaired) electrons. The molecule has 1 aromatic heterocycles. The second-order valence-electron chi connectivity index (χ2n) is 5.93. The van der Waals surface area contributed by atoms with Crippen molar-refractivity contribution in [2.24, 2.45) is 4.99 Å². The van der Waals surface area contributed by atoms with Gasteiger partial charge in [0, 0.05) is 12.2 Å². The van der Waals surface area contributed by atoms with Crippen molar-refractivity contribution in [3.8, 4) is 5.69 Å². The molecule has 3 aromatic rings. The Hall–Kier alpha value is -3.15. The van der Waals surface area contributed by atoms with E-state index in [0.29, 0.717) is 13.1 Å². The number of nitrogens with one attached hydrogen (secondary N) is 2. The van der Waals surface area contributed by atoms with Gasteiger partial charge in [0.25, 0.3) is 0 Å². The van der Waals surface area contributed by atoms with Crippen molar-refractivity contribution in [1.29, 1.82) is 0 Å². The molecule has 0 saturated heterocycles.